The summed E-state index contributed by atoms with van der Waals surface area (Å²) in [5, 5.41) is 3.20. The van der Waals surface area contributed by atoms with Crippen molar-refractivity contribution >= 4 is 22.6 Å². The molecule has 0 bridgehead atoms. The Labute approximate surface area is 104 Å². The van der Waals surface area contributed by atoms with E-state index in [0.29, 0.717) is 5.88 Å². The maximum atomic E-state index is 5.58. The van der Waals surface area contributed by atoms with E-state index in [1.54, 1.807) is 19.4 Å². The lowest BCUT2D eigenvalue weighted by Gasteiger charge is -2.13. The molecule has 1 rings (SSSR count). The molecule has 0 aliphatic rings. The predicted octanol–water partition coefficient (Wildman–Crippen LogP) is 1.84. The summed E-state index contributed by atoms with van der Waals surface area (Å²) in [6.45, 7) is 2.82. The molecule has 0 fully saturated rings. The molecule has 5 heteroatoms. The molecule has 1 heterocycles. The Morgan fingerprint density at radius 3 is 2.87 bits per heavy atom. The van der Waals surface area contributed by atoms with Crippen molar-refractivity contribution in [2.24, 2.45) is 0 Å². The maximum Gasteiger partial charge on any atom is 0.213 e. The van der Waals surface area contributed by atoms with Crippen LogP contribution in [0.4, 0.5) is 0 Å². The Morgan fingerprint density at radius 2 is 2.33 bits per heavy atom. The molecule has 0 saturated heterocycles. The Bertz CT molecular complexity index is 279. The zero-order chi connectivity index (χ0) is 11.1. The molecule has 15 heavy (non-hydrogen) atoms. The highest BCUT2D eigenvalue weighted by molar-refractivity contribution is 14.1. The molecule has 0 aliphatic heterocycles. The maximum absolute atomic E-state index is 5.58. The SMILES string of the molecule is COc1ccc(O[C@@H](C)CNCI)nc1. The molecule has 0 aliphatic carbocycles. The van der Waals surface area contributed by atoms with Crippen molar-refractivity contribution in [1.82, 2.24) is 10.3 Å². The Balaban J connectivity index is 2.42. The van der Waals surface area contributed by atoms with Crippen LogP contribution in [-0.4, -0.2) is 29.3 Å². The second kappa shape index (κ2) is 6.84. The monoisotopic (exact) mass is 322 g/mol. The summed E-state index contributed by atoms with van der Waals surface area (Å²) in [7, 11) is 1.62. The molecular weight excluding hydrogens is 307 g/mol. The summed E-state index contributed by atoms with van der Waals surface area (Å²) < 4.78 is 11.5. The van der Waals surface area contributed by atoms with Gasteiger partial charge in [0.1, 0.15) is 11.9 Å². The normalized spacial score (nSPS) is 12.2. The minimum absolute atomic E-state index is 0.112. The van der Waals surface area contributed by atoms with E-state index >= 15 is 0 Å². The standard InChI is InChI=1S/C10H15IN2O2/c1-8(5-12-7-11)15-10-4-3-9(14-2)6-13-10/h3-4,6,8,12H,5,7H2,1-2H3/t8-/m0/s1. The number of methoxy groups -OCH3 is 1. The van der Waals surface area contributed by atoms with Gasteiger partial charge in [0.05, 0.1) is 13.3 Å². The molecule has 4 nitrogen and oxygen atoms in total. The van der Waals surface area contributed by atoms with Crippen LogP contribution in [-0.2, 0) is 0 Å². The summed E-state index contributed by atoms with van der Waals surface area (Å²) >= 11 is 2.26. The second-order valence-corrected chi connectivity index (χ2v) is 3.82. The number of aromatic nitrogens is 1. The molecule has 1 aromatic rings. The van der Waals surface area contributed by atoms with Crippen molar-refractivity contribution in [1.29, 1.82) is 0 Å². The minimum Gasteiger partial charge on any atom is -0.495 e. The fourth-order valence-corrected chi connectivity index (χ4v) is 1.37. The van der Waals surface area contributed by atoms with Crippen LogP contribution in [0.2, 0.25) is 0 Å². The van der Waals surface area contributed by atoms with E-state index in [1.165, 1.54) is 0 Å². The molecule has 0 amide bonds. The molecule has 1 N–H and O–H groups in total. The molecule has 0 unspecified atom stereocenters. The first-order valence-corrected chi connectivity index (χ1v) is 6.22. The molecule has 84 valence electrons. The predicted molar refractivity (Wildman–Crippen MR) is 67.8 cm³/mol. The van der Waals surface area contributed by atoms with Crippen molar-refractivity contribution in [3.05, 3.63) is 18.3 Å². The number of rotatable bonds is 6. The fraction of sp³-hybridized carbons (Fsp3) is 0.500. The molecule has 0 spiro atoms. The highest BCUT2D eigenvalue weighted by atomic mass is 127. The lowest BCUT2D eigenvalue weighted by molar-refractivity contribution is 0.211. The molecule has 0 aromatic carbocycles. The van der Waals surface area contributed by atoms with Gasteiger partial charge in [-0.3, -0.25) is 0 Å². The van der Waals surface area contributed by atoms with Crippen molar-refractivity contribution in [2.75, 3.05) is 18.2 Å². The fourth-order valence-electron chi connectivity index (χ4n) is 1.06. The van der Waals surface area contributed by atoms with Crippen LogP contribution in [0, 0.1) is 0 Å². The van der Waals surface area contributed by atoms with Gasteiger partial charge in [0, 0.05) is 17.2 Å². The Hall–Kier alpha value is -0.560. The first kappa shape index (κ1) is 12.5. The van der Waals surface area contributed by atoms with E-state index in [-0.39, 0.29) is 6.10 Å². The average Bonchev–Trinajstić information content (AvgIpc) is 2.27. The zero-order valence-electron chi connectivity index (χ0n) is 8.87. The lowest BCUT2D eigenvalue weighted by Crippen LogP contribution is -2.28. The largest absolute Gasteiger partial charge is 0.495 e. The molecular formula is C10H15IN2O2. The summed E-state index contributed by atoms with van der Waals surface area (Å²) in [5.74, 6) is 1.36. The number of ether oxygens (including phenoxy) is 2. The highest BCUT2D eigenvalue weighted by Crippen LogP contribution is 2.13. The number of nitrogens with zero attached hydrogens (tertiary/aromatic N) is 1. The summed E-state index contributed by atoms with van der Waals surface area (Å²) in [4.78, 5) is 4.12. The number of alkyl halides is 1. The number of halogens is 1. The van der Waals surface area contributed by atoms with E-state index in [1.807, 2.05) is 13.0 Å². The van der Waals surface area contributed by atoms with Crippen LogP contribution in [0.3, 0.4) is 0 Å². The van der Waals surface area contributed by atoms with E-state index in [2.05, 4.69) is 32.9 Å². The number of hydrogen-bond acceptors (Lipinski definition) is 4. The van der Waals surface area contributed by atoms with Gasteiger partial charge in [-0.05, 0) is 13.0 Å². The quantitative estimate of drug-likeness (QED) is 0.493. The topological polar surface area (TPSA) is 43.4 Å². The minimum atomic E-state index is 0.112. The van der Waals surface area contributed by atoms with E-state index in [4.69, 9.17) is 9.47 Å². The van der Waals surface area contributed by atoms with Gasteiger partial charge in [-0.25, -0.2) is 4.98 Å². The number of hydrogen-bond donors (Lipinski definition) is 1. The lowest BCUT2D eigenvalue weighted by atomic mass is 10.4. The molecule has 0 radical (unpaired) electrons. The van der Waals surface area contributed by atoms with Crippen LogP contribution < -0.4 is 14.8 Å². The zero-order valence-corrected chi connectivity index (χ0v) is 11.0. The van der Waals surface area contributed by atoms with Gasteiger partial charge in [0.25, 0.3) is 0 Å². The van der Waals surface area contributed by atoms with Crippen molar-refractivity contribution < 1.29 is 9.47 Å². The molecule has 0 saturated carbocycles. The first-order valence-electron chi connectivity index (χ1n) is 4.69. The Kier molecular flexibility index (Phi) is 5.70. The van der Waals surface area contributed by atoms with Crippen LogP contribution in [0.1, 0.15) is 6.92 Å². The number of pyridine rings is 1. The summed E-state index contributed by atoms with van der Waals surface area (Å²) in [5.41, 5.74) is 0. The third-order valence-electron chi connectivity index (χ3n) is 1.79. The first-order chi connectivity index (χ1) is 7.26. The third-order valence-corrected chi connectivity index (χ3v) is 2.33. The van der Waals surface area contributed by atoms with Gasteiger partial charge in [-0.2, -0.15) is 0 Å². The van der Waals surface area contributed by atoms with Crippen LogP contribution in [0.5, 0.6) is 11.6 Å². The summed E-state index contributed by atoms with van der Waals surface area (Å²) in [6, 6.07) is 3.64. The van der Waals surface area contributed by atoms with E-state index in [0.717, 1.165) is 16.8 Å². The second-order valence-electron chi connectivity index (χ2n) is 3.05. The number of nitrogens with one attached hydrogen (secondary N) is 1. The summed E-state index contributed by atoms with van der Waals surface area (Å²) in [6.07, 6.45) is 1.76. The van der Waals surface area contributed by atoms with Gasteiger partial charge in [0.2, 0.25) is 5.88 Å². The van der Waals surface area contributed by atoms with Gasteiger partial charge >= 0.3 is 0 Å². The smallest absolute Gasteiger partial charge is 0.213 e. The highest BCUT2D eigenvalue weighted by Gasteiger charge is 2.03. The van der Waals surface area contributed by atoms with Gasteiger partial charge in [-0.15, -0.1) is 0 Å². The van der Waals surface area contributed by atoms with Crippen LogP contribution in [0.15, 0.2) is 18.3 Å². The van der Waals surface area contributed by atoms with Crippen LogP contribution in [0.25, 0.3) is 0 Å². The van der Waals surface area contributed by atoms with Gasteiger partial charge < -0.3 is 14.8 Å². The van der Waals surface area contributed by atoms with Crippen LogP contribution >= 0.6 is 22.6 Å². The van der Waals surface area contributed by atoms with E-state index < -0.39 is 0 Å². The van der Waals surface area contributed by atoms with E-state index in [9.17, 15) is 0 Å². The molecule has 1 aromatic heterocycles. The van der Waals surface area contributed by atoms with Crippen molar-refractivity contribution in [3.8, 4) is 11.6 Å². The van der Waals surface area contributed by atoms with Crippen molar-refractivity contribution in [2.45, 2.75) is 13.0 Å². The Morgan fingerprint density at radius 1 is 1.53 bits per heavy atom. The van der Waals surface area contributed by atoms with Gasteiger partial charge in [-0.1, -0.05) is 22.6 Å². The van der Waals surface area contributed by atoms with Gasteiger partial charge in [0.15, 0.2) is 0 Å². The molecule has 1 atom stereocenters. The van der Waals surface area contributed by atoms with Crippen molar-refractivity contribution in [3.63, 3.8) is 0 Å². The third kappa shape index (κ3) is 4.65. The average molecular weight is 322 g/mol.